The van der Waals surface area contributed by atoms with E-state index in [1.54, 1.807) is 34.6 Å². The first-order valence-electron chi connectivity index (χ1n) is 12.3. The fourth-order valence-electron chi connectivity index (χ4n) is 5.35. The van der Waals surface area contributed by atoms with Crippen molar-refractivity contribution in [3.8, 4) is 6.07 Å². The van der Waals surface area contributed by atoms with Gasteiger partial charge < -0.3 is 14.8 Å². The molecule has 9 heteroatoms. The first-order chi connectivity index (χ1) is 16.8. The zero-order chi connectivity index (χ0) is 25.3. The number of pyridine rings is 1. The Balaban J connectivity index is 1.73. The lowest BCUT2D eigenvalue weighted by Crippen LogP contribution is -2.58. The first kappa shape index (κ1) is 24.7. The van der Waals surface area contributed by atoms with Crippen molar-refractivity contribution < 1.29 is 4.39 Å². The molecule has 8 nitrogen and oxygen atoms in total. The second kappa shape index (κ2) is 10.1. The zero-order valence-corrected chi connectivity index (χ0v) is 21.1. The number of aryl methyl sites for hydroxylation is 1. The van der Waals surface area contributed by atoms with Crippen LogP contribution in [0.3, 0.4) is 0 Å². The standard InChI is InChI=1S/C26H34FN7O/c1-6-19-15-34(23-13-25(35)31(5)24-16-32(11-10-28)30-26(23)24)20(7-2)14-33(19)17(3)21-9-8-18(27)12-22(21)29-4/h8-9,12-13,16-17,19-20,29H,6-7,11,14-15H2,1-5H3/t17?,19-,20+/m1/s1. The summed E-state index contributed by atoms with van der Waals surface area (Å²) >= 11 is 0. The van der Waals surface area contributed by atoms with E-state index in [1.165, 1.54) is 6.07 Å². The van der Waals surface area contributed by atoms with Gasteiger partial charge in [0.1, 0.15) is 17.9 Å². The van der Waals surface area contributed by atoms with Crippen LogP contribution in [0.4, 0.5) is 15.8 Å². The zero-order valence-electron chi connectivity index (χ0n) is 21.1. The van der Waals surface area contributed by atoms with Crippen molar-refractivity contribution >= 4 is 22.4 Å². The molecule has 0 amide bonds. The van der Waals surface area contributed by atoms with Gasteiger partial charge in [0.05, 0.1) is 23.5 Å². The van der Waals surface area contributed by atoms with Crippen LogP contribution in [0.25, 0.3) is 11.0 Å². The second-order valence-corrected chi connectivity index (χ2v) is 9.28. The van der Waals surface area contributed by atoms with Crippen molar-refractivity contribution in [2.75, 3.05) is 30.4 Å². The number of hydrogen-bond donors (Lipinski definition) is 1. The molecule has 1 aliphatic rings. The van der Waals surface area contributed by atoms with E-state index in [0.717, 1.165) is 53.9 Å². The quantitative estimate of drug-likeness (QED) is 0.554. The average molecular weight is 480 g/mol. The number of fused-ring (bicyclic) bond motifs is 1. The van der Waals surface area contributed by atoms with Crippen LogP contribution in [0.5, 0.6) is 0 Å². The minimum absolute atomic E-state index is 0.0901. The van der Waals surface area contributed by atoms with Gasteiger partial charge in [-0.3, -0.25) is 14.4 Å². The molecule has 2 aromatic heterocycles. The predicted octanol–water partition coefficient (Wildman–Crippen LogP) is 3.88. The smallest absolute Gasteiger partial charge is 0.252 e. The van der Waals surface area contributed by atoms with Crippen LogP contribution in [0, 0.1) is 17.1 Å². The number of aromatic nitrogens is 3. The number of halogens is 1. The number of hydrogen-bond acceptors (Lipinski definition) is 6. The van der Waals surface area contributed by atoms with Gasteiger partial charge in [-0.25, -0.2) is 4.39 Å². The molecule has 1 saturated heterocycles. The van der Waals surface area contributed by atoms with E-state index < -0.39 is 0 Å². The van der Waals surface area contributed by atoms with Crippen LogP contribution in [0.1, 0.15) is 45.2 Å². The van der Waals surface area contributed by atoms with Crippen LogP contribution in [0.15, 0.2) is 35.3 Å². The number of piperazine rings is 1. The fourth-order valence-corrected chi connectivity index (χ4v) is 5.35. The summed E-state index contributed by atoms with van der Waals surface area (Å²) in [6.07, 6.45) is 3.61. The number of nitriles is 1. The Morgan fingerprint density at radius 1 is 1.23 bits per heavy atom. The van der Waals surface area contributed by atoms with Crippen molar-refractivity contribution in [3.63, 3.8) is 0 Å². The molecule has 1 N–H and O–H groups in total. The molecule has 1 fully saturated rings. The molecule has 4 rings (SSSR count). The summed E-state index contributed by atoms with van der Waals surface area (Å²) in [5.74, 6) is -0.251. The van der Waals surface area contributed by atoms with E-state index in [1.807, 2.05) is 13.1 Å². The lowest BCUT2D eigenvalue weighted by Gasteiger charge is -2.49. The van der Waals surface area contributed by atoms with Crippen molar-refractivity contribution in [3.05, 3.63) is 52.2 Å². The normalized spacial score (nSPS) is 19.6. The van der Waals surface area contributed by atoms with Crippen LogP contribution < -0.4 is 15.8 Å². The van der Waals surface area contributed by atoms with E-state index in [4.69, 9.17) is 5.26 Å². The number of rotatable bonds is 7. The maximum atomic E-state index is 13.9. The summed E-state index contributed by atoms with van der Waals surface area (Å²) in [6.45, 7) is 8.22. The number of nitrogens with zero attached hydrogens (tertiary/aromatic N) is 6. The van der Waals surface area contributed by atoms with Gasteiger partial charge in [0.25, 0.3) is 5.56 Å². The maximum Gasteiger partial charge on any atom is 0.252 e. The highest BCUT2D eigenvalue weighted by Crippen LogP contribution is 2.36. The molecule has 0 aliphatic carbocycles. The summed E-state index contributed by atoms with van der Waals surface area (Å²) in [7, 11) is 3.56. The van der Waals surface area contributed by atoms with Crippen molar-refractivity contribution in [2.24, 2.45) is 7.05 Å². The lowest BCUT2D eigenvalue weighted by molar-refractivity contribution is 0.101. The minimum Gasteiger partial charge on any atom is -0.388 e. The molecule has 0 spiro atoms. The molecular formula is C26H34FN7O. The summed E-state index contributed by atoms with van der Waals surface area (Å²) in [5, 5.41) is 17.0. The van der Waals surface area contributed by atoms with E-state index >= 15 is 0 Å². The van der Waals surface area contributed by atoms with Gasteiger partial charge in [-0.05, 0) is 37.5 Å². The van der Waals surface area contributed by atoms with Crippen molar-refractivity contribution in [1.29, 1.82) is 5.26 Å². The Kier molecular flexibility index (Phi) is 7.13. The molecule has 1 aliphatic heterocycles. The third-order valence-corrected chi connectivity index (χ3v) is 7.39. The molecule has 1 aromatic carbocycles. The Labute approximate surface area is 205 Å². The molecule has 3 aromatic rings. The average Bonchev–Trinajstić information content (AvgIpc) is 3.29. The monoisotopic (exact) mass is 479 g/mol. The predicted molar refractivity (Wildman–Crippen MR) is 137 cm³/mol. The highest BCUT2D eigenvalue weighted by Gasteiger charge is 2.36. The van der Waals surface area contributed by atoms with Crippen LogP contribution in [-0.2, 0) is 13.6 Å². The molecule has 186 valence electrons. The maximum absolute atomic E-state index is 13.9. The largest absolute Gasteiger partial charge is 0.388 e. The van der Waals surface area contributed by atoms with Gasteiger partial charge in [-0.15, -0.1) is 0 Å². The summed E-state index contributed by atoms with van der Waals surface area (Å²) in [4.78, 5) is 17.7. The van der Waals surface area contributed by atoms with E-state index in [-0.39, 0.29) is 36.0 Å². The van der Waals surface area contributed by atoms with Gasteiger partial charge in [0.2, 0.25) is 0 Å². The van der Waals surface area contributed by atoms with Gasteiger partial charge in [-0.2, -0.15) is 10.4 Å². The highest BCUT2D eigenvalue weighted by atomic mass is 19.1. The third kappa shape index (κ3) is 4.50. The Morgan fingerprint density at radius 2 is 1.97 bits per heavy atom. The highest BCUT2D eigenvalue weighted by molar-refractivity contribution is 5.88. The summed E-state index contributed by atoms with van der Waals surface area (Å²) < 4.78 is 17.0. The lowest BCUT2D eigenvalue weighted by atomic mass is 9.95. The summed E-state index contributed by atoms with van der Waals surface area (Å²) in [6, 6.07) is 9.26. The minimum atomic E-state index is -0.251. The SMILES string of the molecule is CC[C@H]1CN(C(C)c2ccc(F)cc2NC)[C@H](CC)CN1c1cc(=O)n(C)c2cn(CC#N)nc12. The van der Waals surface area contributed by atoms with Gasteiger partial charge in [0.15, 0.2) is 0 Å². The summed E-state index contributed by atoms with van der Waals surface area (Å²) in [5.41, 5.74) is 4.09. The molecule has 0 bridgehead atoms. The van der Waals surface area contributed by atoms with Crippen LogP contribution in [0.2, 0.25) is 0 Å². The van der Waals surface area contributed by atoms with Crippen LogP contribution in [-0.4, -0.2) is 51.5 Å². The van der Waals surface area contributed by atoms with Gasteiger partial charge >= 0.3 is 0 Å². The van der Waals surface area contributed by atoms with Crippen molar-refractivity contribution in [2.45, 2.75) is 58.3 Å². The second-order valence-electron chi connectivity index (χ2n) is 9.28. The molecular weight excluding hydrogens is 445 g/mol. The Hall–Kier alpha value is -3.38. The topological polar surface area (TPSA) is 82.1 Å². The number of benzene rings is 1. The first-order valence-corrected chi connectivity index (χ1v) is 12.3. The van der Waals surface area contributed by atoms with E-state index in [0.29, 0.717) is 0 Å². The Morgan fingerprint density at radius 3 is 2.63 bits per heavy atom. The molecule has 3 heterocycles. The molecule has 0 saturated carbocycles. The van der Waals surface area contributed by atoms with Gasteiger partial charge in [0, 0.05) is 57.1 Å². The van der Waals surface area contributed by atoms with Gasteiger partial charge in [-0.1, -0.05) is 19.9 Å². The Bertz CT molecular complexity index is 1310. The fraction of sp³-hybridized carbons (Fsp3) is 0.500. The molecule has 35 heavy (non-hydrogen) atoms. The molecule has 3 atom stereocenters. The number of nitrogens with one attached hydrogen (secondary N) is 1. The molecule has 0 radical (unpaired) electrons. The third-order valence-electron chi connectivity index (χ3n) is 7.39. The van der Waals surface area contributed by atoms with E-state index in [2.05, 4.69) is 47.1 Å². The van der Waals surface area contributed by atoms with Crippen LogP contribution >= 0.6 is 0 Å². The molecule has 1 unspecified atom stereocenters. The number of anilines is 2. The van der Waals surface area contributed by atoms with E-state index in [9.17, 15) is 9.18 Å². The van der Waals surface area contributed by atoms with Crippen molar-refractivity contribution in [1.82, 2.24) is 19.2 Å².